The van der Waals surface area contributed by atoms with Gasteiger partial charge in [-0.2, -0.15) is 0 Å². The fourth-order valence-electron chi connectivity index (χ4n) is 3.07. The highest BCUT2D eigenvalue weighted by atomic mass is 16.5. The van der Waals surface area contributed by atoms with E-state index in [1.54, 1.807) is 4.90 Å². The minimum absolute atomic E-state index is 0.0158. The van der Waals surface area contributed by atoms with Crippen LogP contribution in [0.4, 0.5) is 0 Å². The van der Waals surface area contributed by atoms with Crippen LogP contribution in [0.25, 0.3) is 0 Å². The van der Waals surface area contributed by atoms with E-state index in [1.165, 1.54) is 7.11 Å². The summed E-state index contributed by atoms with van der Waals surface area (Å²) in [5.41, 5.74) is 0.975. The van der Waals surface area contributed by atoms with Gasteiger partial charge in [0.2, 0.25) is 5.91 Å². The van der Waals surface area contributed by atoms with Crippen molar-refractivity contribution >= 4 is 11.9 Å². The second-order valence-corrected chi connectivity index (χ2v) is 5.07. The van der Waals surface area contributed by atoms with Crippen LogP contribution in [0.3, 0.4) is 0 Å². The Morgan fingerprint density at radius 1 is 1.35 bits per heavy atom. The molecule has 1 aromatic rings. The number of methoxy groups -OCH3 is 1. The van der Waals surface area contributed by atoms with Gasteiger partial charge in [-0.3, -0.25) is 4.79 Å². The Hall–Kier alpha value is -2.04. The Kier molecular flexibility index (Phi) is 3.34. The van der Waals surface area contributed by atoms with Gasteiger partial charge in [-0.25, -0.2) is 4.79 Å². The van der Waals surface area contributed by atoms with Gasteiger partial charge >= 0.3 is 5.97 Å². The van der Waals surface area contributed by atoms with Crippen LogP contribution in [0.2, 0.25) is 0 Å². The fraction of sp³-hybridized carbons (Fsp3) is 0.467. The number of nitrogens with zero attached hydrogens (tertiary/aromatic N) is 1. The molecular weight excluding hydrogens is 258 g/mol. The summed E-state index contributed by atoms with van der Waals surface area (Å²) >= 11 is 0. The van der Waals surface area contributed by atoms with Gasteiger partial charge in [0.1, 0.15) is 11.8 Å². The second kappa shape index (κ2) is 5.15. The highest BCUT2D eigenvalue weighted by Gasteiger charge is 2.42. The summed E-state index contributed by atoms with van der Waals surface area (Å²) in [5.74, 6) is 0.481. The number of amides is 1. The zero-order chi connectivity index (χ0) is 14.1. The lowest BCUT2D eigenvalue weighted by Crippen LogP contribution is -2.43. The van der Waals surface area contributed by atoms with E-state index in [4.69, 9.17) is 9.47 Å². The van der Waals surface area contributed by atoms with E-state index < -0.39 is 6.04 Å². The number of esters is 1. The predicted octanol–water partition coefficient (Wildman–Crippen LogP) is 1.67. The van der Waals surface area contributed by atoms with Crippen LogP contribution in [-0.4, -0.2) is 36.5 Å². The molecule has 0 saturated carbocycles. The molecule has 0 radical (unpaired) electrons. The maximum absolute atomic E-state index is 12.2. The van der Waals surface area contributed by atoms with E-state index >= 15 is 0 Å². The molecule has 3 rings (SSSR count). The lowest BCUT2D eigenvalue weighted by atomic mass is 9.98. The Balaban J connectivity index is 1.95. The minimum atomic E-state index is -0.469. The average molecular weight is 275 g/mol. The topological polar surface area (TPSA) is 55.8 Å². The monoisotopic (exact) mass is 275 g/mol. The van der Waals surface area contributed by atoms with Crippen LogP contribution >= 0.6 is 0 Å². The van der Waals surface area contributed by atoms with Crippen molar-refractivity contribution in [1.82, 2.24) is 4.90 Å². The summed E-state index contributed by atoms with van der Waals surface area (Å²) in [4.78, 5) is 25.8. The third-order valence-corrected chi connectivity index (χ3v) is 3.99. The summed E-state index contributed by atoms with van der Waals surface area (Å²) in [6, 6.07) is 7.12. The number of benzene rings is 1. The van der Waals surface area contributed by atoms with Gasteiger partial charge in [-0.05, 0) is 12.5 Å². The average Bonchev–Trinajstić information content (AvgIpc) is 2.87. The molecule has 1 saturated heterocycles. The first kappa shape index (κ1) is 13.0. The summed E-state index contributed by atoms with van der Waals surface area (Å²) in [7, 11) is 1.36. The molecule has 0 aromatic heterocycles. The molecule has 1 aromatic carbocycles. The van der Waals surface area contributed by atoms with Crippen LogP contribution in [0.5, 0.6) is 5.75 Å². The van der Waals surface area contributed by atoms with E-state index in [0.29, 0.717) is 25.9 Å². The zero-order valence-electron chi connectivity index (χ0n) is 11.4. The molecule has 2 aliphatic heterocycles. The molecule has 0 aliphatic carbocycles. The number of hydrogen-bond acceptors (Lipinski definition) is 4. The Morgan fingerprint density at radius 2 is 2.15 bits per heavy atom. The van der Waals surface area contributed by atoms with Crippen LogP contribution in [-0.2, 0) is 14.3 Å². The van der Waals surface area contributed by atoms with E-state index in [9.17, 15) is 9.59 Å². The number of fused-ring (bicyclic) bond motifs is 1. The van der Waals surface area contributed by atoms with Crippen molar-refractivity contribution in [1.29, 1.82) is 0 Å². The smallest absolute Gasteiger partial charge is 0.328 e. The van der Waals surface area contributed by atoms with E-state index in [-0.39, 0.29) is 17.9 Å². The maximum Gasteiger partial charge on any atom is 0.328 e. The molecule has 5 nitrogen and oxygen atoms in total. The molecule has 5 heteroatoms. The third kappa shape index (κ3) is 2.03. The maximum atomic E-state index is 12.2. The van der Waals surface area contributed by atoms with Gasteiger partial charge in [0.05, 0.1) is 19.8 Å². The van der Waals surface area contributed by atoms with Crippen LogP contribution in [0.1, 0.15) is 30.9 Å². The van der Waals surface area contributed by atoms with Gasteiger partial charge in [-0.15, -0.1) is 0 Å². The lowest BCUT2D eigenvalue weighted by molar-refractivity contribution is -0.151. The molecule has 2 unspecified atom stereocenters. The summed E-state index contributed by atoms with van der Waals surface area (Å²) in [6.07, 6.45) is 1.64. The lowest BCUT2D eigenvalue weighted by Gasteiger charge is -2.35. The summed E-state index contributed by atoms with van der Waals surface area (Å²) in [6.45, 7) is 0.555. The van der Waals surface area contributed by atoms with Crippen molar-refractivity contribution in [2.24, 2.45) is 0 Å². The standard InChI is InChI=1S/C15H17NO4/c1-19-15(18)12-6-7-14(17)16(12)11-8-9-20-13-5-3-2-4-10(11)13/h2-5,11-12H,6-9H2,1H3. The van der Waals surface area contributed by atoms with Crippen LogP contribution < -0.4 is 4.74 Å². The highest BCUT2D eigenvalue weighted by molar-refractivity contribution is 5.88. The van der Waals surface area contributed by atoms with Crippen molar-refractivity contribution in [3.63, 3.8) is 0 Å². The summed E-state index contributed by atoms with van der Waals surface area (Å²) < 4.78 is 10.4. The fourth-order valence-corrected chi connectivity index (χ4v) is 3.07. The van der Waals surface area contributed by atoms with Gasteiger partial charge in [0, 0.05) is 18.4 Å². The molecule has 0 spiro atoms. The number of para-hydroxylation sites is 1. The number of ether oxygens (including phenoxy) is 2. The molecular formula is C15H17NO4. The van der Waals surface area contributed by atoms with E-state index in [2.05, 4.69) is 0 Å². The quantitative estimate of drug-likeness (QED) is 0.770. The van der Waals surface area contributed by atoms with Crippen molar-refractivity contribution < 1.29 is 19.1 Å². The molecule has 1 amide bonds. The molecule has 0 bridgehead atoms. The normalized spacial score (nSPS) is 25.1. The molecule has 1 fully saturated rings. The number of likely N-dealkylation sites (tertiary alicyclic amines) is 1. The molecule has 20 heavy (non-hydrogen) atoms. The molecule has 2 heterocycles. The molecule has 106 valence electrons. The van der Waals surface area contributed by atoms with Crippen LogP contribution in [0, 0.1) is 0 Å². The first-order chi connectivity index (χ1) is 9.72. The number of hydrogen-bond donors (Lipinski definition) is 0. The Bertz CT molecular complexity index is 542. The largest absolute Gasteiger partial charge is 0.493 e. The van der Waals surface area contributed by atoms with Crippen LogP contribution in [0.15, 0.2) is 24.3 Å². The SMILES string of the molecule is COC(=O)C1CCC(=O)N1C1CCOc2ccccc21. The number of carbonyl (C=O) groups is 2. The summed E-state index contributed by atoms with van der Waals surface area (Å²) in [5, 5.41) is 0. The first-order valence-corrected chi connectivity index (χ1v) is 6.83. The zero-order valence-corrected chi connectivity index (χ0v) is 11.4. The van der Waals surface area contributed by atoms with Crippen molar-refractivity contribution in [2.75, 3.05) is 13.7 Å². The van der Waals surface area contributed by atoms with E-state index in [1.807, 2.05) is 24.3 Å². The van der Waals surface area contributed by atoms with Gasteiger partial charge in [-0.1, -0.05) is 18.2 Å². The van der Waals surface area contributed by atoms with E-state index in [0.717, 1.165) is 11.3 Å². The third-order valence-electron chi connectivity index (χ3n) is 3.99. The molecule has 2 aliphatic rings. The Labute approximate surface area is 117 Å². The van der Waals surface area contributed by atoms with Gasteiger partial charge in [0.25, 0.3) is 0 Å². The highest BCUT2D eigenvalue weighted by Crippen LogP contribution is 2.39. The second-order valence-electron chi connectivity index (χ2n) is 5.07. The minimum Gasteiger partial charge on any atom is -0.493 e. The van der Waals surface area contributed by atoms with Gasteiger partial charge < -0.3 is 14.4 Å². The molecule has 0 N–H and O–H groups in total. The number of carbonyl (C=O) groups excluding carboxylic acids is 2. The van der Waals surface area contributed by atoms with Crippen molar-refractivity contribution in [3.8, 4) is 5.75 Å². The van der Waals surface area contributed by atoms with Crippen molar-refractivity contribution in [2.45, 2.75) is 31.3 Å². The molecule has 2 atom stereocenters. The Morgan fingerprint density at radius 3 is 2.95 bits per heavy atom. The van der Waals surface area contributed by atoms with Crippen molar-refractivity contribution in [3.05, 3.63) is 29.8 Å². The predicted molar refractivity (Wildman–Crippen MR) is 71.2 cm³/mol. The first-order valence-electron chi connectivity index (χ1n) is 6.83. The number of rotatable bonds is 2. The van der Waals surface area contributed by atoms with Gasteiger partial charge in [0.15, 0.2) is 0 Å².